The van der Waals surface area contributed by atoms with Crippen molar-refractivity contribution in [2.45, 2.75) is 90.7 Å². The van der Waals surface area contributed by atoms with Gasteiger partial charge in [0.1, 0.15) is 0 Å². The van der Waals surface area contributed by atoms with Gasteiger partial charge in [-0.3, -0.25) is 19.2 Å². The van der Waals surface area contributed by atoms with Crippen LogP contribution in [0.3, 0.4) is 0 Å². The van der Waals surface area contributed by atoms with Gasteiger partial charge in [-0.2, -0.15) is 0 Å². The van der Waals surface area contributed by atoms with Gasteiger partial charge in [-0.15, -0.1) is 35.3 Å². The third-order valence-corrected chi connectivity index (χ3v) is 15.6. The molecule has 0 aromatic heterocycles. The van der Waals surface area contributed by atoms with Gasteiger partial charge in [0.15, 0.2) is 0 Å². The summed E-state index contributed by atoms with van der Waals surface area (Å²) in [7, 11) is 0. The van der Waals surface area contributed by atoms with Crippen LogP contribution in [0.2, 0.25) is 0 Å². The number of carboxylic acid groups (broad SMARTS) is 3. The minimum atomic E-state index is -1.45. The van der Waals surface area contributed by atoms with Crippen LogP contribution < -0.4 is 104 Å². The van der Waals surface area contributed by atoms with Crippen LogP contribution in [-0.2, 0) is 44.1 Å². The van der Waals surface area contributed by atoms with Crippen LogP contribution in [0.25, 0.3) is 0 Å². The third kappa shape index (κ3) is 11.5. The number of fused-ring (bicyclic) bond motifs is 3. The summed E-state index contributed by atoms with van der Waals surface area (Å²) in [5.41, 5.74) is 0.860. The molecule has 6 aliphatic heterocycles. The van der Waals surface area contributed by atoms with Crippen LogP contribution >= 0.6 is 35.3 Å². The standard InChI is InChI=1S/C17H19NO4S.C14H19NO6S.C11H15NO4S.3Na/c1-9-13-12(10(2)19)16(20)18(13)14(17(21)22)15(9)23-8-11-6-4-3-5-7-11;1-4-21-8(17)5-22-12-6(2)10-9(7(3)16)13(18)15(10)11(12)14(19)20;1-4-7-6(5(2)13)10(14)12(7)8(11(15)16)9(4)17-3;;;/h3-7,9-10,12-13,19H,8H2,1-2H3,(H,21,22);6-7,9-10,16H,4-5H2,1-3H3,(H,19,20);4-7,13H,1-3H3,(H,15,16);;;/q;;;3*+1/p-3/t9-,10-,12-,13-;6-,7-,9-,10-;4-,5-,6-,7-;;;/m111.../s1. The Morgan fingerprint density at radius 3 is 1.29 bits per heavy atom. The van der Waals surface area contributed by atoms with Crippen LogP contribution in [0.1, 0.15) is 54.0 Å². The average Bonchev–Trinajstić information content (AvgIpc) is 3.70. The summed E-state index contributed by atoms with van der Waals surface area (Å²) in [6.07, 6.45) is -0.612. The van der Waals surface area contributed by atoms with Crippen molar-refractivity contribution in [2.24, 2.45) is 35.5 Å². The maximum Gasteiger partial charge on any atom is 1.00 e. The van der Waals surface area contributed by atoms with Gasteiger partial charge in [-0.1, -0.05) is 51.1 Å². The van der Waals surface area contributed by atoms with E-state index in [4.69, 9.17) is 4.74 Å². The Morgan fingerprint density at radius 2 is 0.969 bits per heavy atom. The van der Waals surface area contributed by atoms with E-state index in [0.717, 1.165) is 17.3 Å². The first-order valence-corrected chi connectivity index (χ1v) is 23.2. The molecule has 3 N–H and O–H groups in total. The summed E-state index contributed by atoms with van der Waals surface area (Å²) < 4.78 is 4.82. The van der Waals surface area contributed by atoms with Crippen molar-refractivity contribution in [1.29, 1.82) is 0 Å². The molecular formula is C42H50N3Na3O14S3. The molecule has 7 rings (SSSR count). The summed E-state index contributed by atoms with van der Waals surface area (Å²) in [5.74, 6) is -7.10. The first-order valence-electron chi connectivity index (χ1n) is 20.0. The third-order valence-electron chi connectivity index (χ3n) is 12.0. The fourth-order valence-electron chi connectivity index (χ4n) is 9.27. The van der Waals surface area contributed by atoms with Gasteiger partial charge >= 0.3 is 94.6 Å². The number of carbonyl (C=O) groups is 7. The van der Waals surface area contributed by atoms with Gasteiger partial charge in [0.2, 0.25) is 17.7 Å². The number of hydrogen-bond acceptors (Lipinski definition) is 17. The summed E-state index contributed by atoms with van der Waals surface area (Å²) >= 11 is 3.80. The summed E-state index contributed by atoms with van der Waals surface area (Å²) in [6, 6.07) is 8.83. The van der Waals surface area contributed by atoms with E-state index in [9.17, 15) is 64.2 Å². The number of aliphatic hydroxyl groups excluding tert-OH is 3. The summed E-state index contributed by atoms with van der Waals surface area (Å²) in [6.45, 7) is 12.1. The molecule has 1 aromatic carbocycles. The zero-order valence-electron chi connectivity index (χ0n) is 38.3. The molecule has 23 heteroatoms. The zero-order chi connectivity index (χ0) is 46.2. The predicted molar refractivity (Wildman–Crippen MR) is 221 cm³/mol. The maximum absolute atomic E-state index is 12.2. The van der Waals surface area contributed by atoms with Crippen molar-refractivity contribution in [3.63, 3.8) is 0 Å². The van der Waals surface area contributed by atoms with Gasteiger partial charge in [-0.05, 0) is 39.5 Å². The largest absolute Gasteiger partial charge is 1.00 e. The zero-order valence-corrected chi connectivity index (χ0v) is 46.8. The Kier molecular flexibility index (Phi) is 23.0. The monoisotopic (exact) mass is 985 g/mol. The van der Waals surface area contributed by atoms with E-state index >= 15 is 0 Å². The Balaban J connectivity index is 0.000000331. The van der Waals surface area contributed by atoms with Crippen molar-refractivity contribution in [3.8, 4) is 0 Å². The van der Waals surface area contributed by atoms with E-state index in [0.29, 0.717) is 20.5 Å². The molecule has 338 valence electrons. The maximum atomic E-state index is 12.2. The Hall–Kier alpha value is -1.34. The predicted octanol–water partition coefficient (Wildman–Crippen LogP) is -9.98. The van der Waals surface area contributed by atoms with Crippen LogP contribution in [0.4, 0.5) is 0 Å². The van der Waals surface area contributed by atoms with E-state index in [-0.39, 0.29) is 160 Å². The second-order valence-electron chi connectivity index (χ2n) is 15.8. The topological polar surface area (TPSA) is 268 Å². The molecule has 0 saturated carbocycles. The molecule has 6 heterocycles. The first-order chi connectivity index (χ1) is 29.1. The smallest absolute Gasteiger partial charge is 0.543 e. The Labute approximate surface area is 456 Å². The summed E-state index contributed by atoms with van der Waals surface area (Å²) in [5, 5.41) is 63.1. The molecule has 3 saturated heterocycles. The number of hydrogen-bond donors (Lipinski definition) is 3. The van der Waals surface area contributed by atoms with Gasteiger partial charge in [-0.25, -0.2) is 0 Å². The second-order valence-corrected chi connectivity index (χ2v) is 18.7. The number of carbonyl (C=O) groups excluding carboxylic acids is 7. The van der Waals surface area contributed by atoms with Crippen LogP contribution in [-0.4, -0.2) is 127 Å². The molecular weight excluding hydrogens is 936 g/mol. The number of esters is 1. The second kappa shape index (κ2) is 25.0. The fourth-order valence-corrected chi connectivity index (χ4v) is 12.5. The van der Waals surface area contributed by atoms with Crippen LogP contribution in [0.15, 0.2) is 62.1 Å². The molecule has 0 spiro atoms. The van der Waals surface area contributed by atoms with Crippen LogP contribution in [0.5, 0.6) is 0 Å². The number of ether oxygens (including phenoxy) is 1. The van der Waals surface area contributed by atoms with Crippen LogP contribution in [0, 0.1) is 35.5 Å². The van der Waals surface area contributed by atoms with Gasteiger partial charge < -0.3 is 64.5 Å². The van der Waals surface area contributed by atoms with Gasteiger partial charge in [0, 0.05) is 38.2 Å². The number of benzene rings is 1. The van der Waals surface area contributed by atoms with Gasteiger partial charge in [0.05, 0.1) is 102 Å². The molecule has 0 bridgehead atoms. The van der Waals surface area contributed by atoms with E-state index in [1.165, 1.54) is 45.1 Å². The molecule has 65 heavy (non-hydrogen) atoms. The number of nitrogens with zero attached hydrogens (tertiary/aromatic N) is 3. The minimum absolute atomic E-state index is 0. The molecule has 1 aromatic rings. The fraction of sp³-hybridized carbons (Fsp3) is 0.548. The molecule has 3 fully saturated rings. The van der Waals surface area contributed by atoms with Crippen molar-refractivity contribution in [3.05, 3.63) is 67.7 Å². The minimum Gasteiger partial charge on any atom is -0.543 e. The number of aliphatic carboxylic acids is 3. The quantitative estimate of drug-likeness (QED) is 0.0888. The molecule has 0 unspecified atom stereocenters. The van der Waals surface area contributed by atoms with E-state index in [1.54, 1.807) is 34.0 Å². The molecule has 0 aliphatic carbocycles. The molecule has 3 amide bonds. The number of β-lactam (4-membered cyclic amide) rings is 3. The SMILES string of the molecule is CCOC(=O)CSC1=C(C(=O)[O-])N2C(=O)[C@H]([C@@H](C)O)[C@H]2[C@H]1C.CSC1=C(C(=O)[O-])N2C(=O)[C@H]([C@@H](C)O)[C@H]2[C@H]1C.C[C@@H](O)[C@H]1C(=O)N2C(C(=O)[O-])=C(SCc3ccccc3)[C@H](C)[C@H]12.[Na+].[Na+].[Na+]. The van der Waals surface area contributed by atoms with Crippen molar-refractivity contribution < 1.29 is 158 Å². The van der Waals surface area contributed by atoms with E-state index in [2.05, 4.69) is 0 Å². The van der Waals surface area contributed by atoms with Crippen molar-refractivity contribution >= 4 is 76.9 Å². The molecule has 12 atom stereocenters. The normalized spacial score (nSPS) is 28.1. The van der Waals surface area contributed by atoms with Gasteiger partial charge in [0.25, 0.3) is 0 Å². The van der Waals surface area contributed by atoms with Crippen molar-refractivity contribution in [2.75, 3.05) is 18.6 Å². The number of rotatable bonds is 14. The summed E-state index contributed by atoms with van der Waals surface area (Å²) in [4.78, 5) is 87.1. The van der Waals surface area contributed by atoms with E-state index < -0.39 is 71.9 Å². The number of amides is 3. The Bertz CT molecular complexity index is 2110. The molecule has 6 aliphatic rings. The number of carboxylic acids is 3. The molecule has 0 radical (unpaired) electrons. The van der Waals surface area contributed by atoms with Crippen molar-refractivity contribution in [1.82, 2.24) is 14.7 Å². The first kappa shape index (κ1) is 59.8. The molecule has 17 nitrogen and oxygen atoms in total. The average molecular weight is 986 g/mol. The van der Waals surface area contributed by atoms with E-state index in [1.807, 2.05) is 44.2 Å². The number of thioether (sulfide) groups is 3. The Morgan fingerprint density at radius 1 is 0.631 bits per heavy atom. The number of aliphatic hydroxyl groups is 3.